The molecule has 0 aliphatic carbocycles. The summed E-state index contributed by atoms with van der Waals surface area (Å²) in [5.41, 5.74) is 2.30. The van der Waals surface area contributed by atoms with Crippen molar-refractivity contribution < 1.29 is 4.92 Å². The normalized spacial score (nSPS) is 10.8. The number of hydrogen-bond acceptors (Lipinski definition) is 5. The van der Waals surface area contributed by atoms with Crippen molar-refractivity contribution in [1.29, 1.82) is 0 Å². The van der Waals surface area contributed by atoms with Gasteiger partial charge in [-0.3, -0.25) is 10.1 Å². The van der Waals surface area contributed by atoms with E-state index in [4.69, 9.17) is 0 Å². The molecule has 0 amide bonds. The van der Waals surface area contributed by atoms with Crippen molar-refractivity contribution in [3.05, 3.63) is 58.6 Å². The third kappa shape index (κ3) is 4.37. The van der Waals surface area contributed by atoms with Crippen molar-refractivity contribution in [1.82, 2.24) is 0 Å². The van der Waals surface area contributed by atoms with E-state index in [2.05, 4.69) is 22.5 Å². The molecule has 0 radical (unpaired) electrons. The lowest BCUT2D eigenvalue weighted by atomic mass is 10.2. The predicted octanol–water partition coefficient (Wildman–Crippen LogP) is 5.22. The second-order valence-corrected chi connectivity index (χ2v) is 4.77. The Morgan fingerprint density at radius 1 is 1.09 bits per heavy atom. The minimum absolute atomic E-state index is 0.0422. The summed E-state index contributed by atoms with van der Waals surface area (Å²) in [6, 6.07) is 13.7. The Morgan fingerprint density at radius 3 is 2.50 bits per heavy atom. The van der Waals surface area contributed by atoms with Crippen LogP contribution in [-0.2, 0) is 0 Å². The second kappa shape index (κ2) is 7.87. The fraction of sp³-hybridized carbons (Fsp3) is 0.250. The molecule has 2 rings (SSSR count). The molecule has 0 unspecified atom stereocenters. The van der Waals surface area contributed by atoms with Gasteiger partial charge in [0, 0.05) is 18.7 Å². The van der Waals surface area contributed by atoms with Gasteiger partial charge in [-0.25, -0.2) is 0 Å². The summed E-state index contributed by atoms with van der Waals surface area (Å²) in [6.45, 7) is 3.03. The van der Waals surface area contributed by atoms with Crippen LogP contribution in [0.1, 0.15) is 19.8 Å². The number of unbranched alkanes of at least 4 members (excludes halogenated alkanes) is 1. The van der Waals surface area contributed by atoms with Gasteiger partial charge in [0.25, 0.3) is 5.69 Å². The maximum atomic E-state index is 10.6. The van der Waals surface area contributed by atoms with Gasteiger partial charge in [-0.2, -0.15) is 5.11 Å². The van der Waals surface area contributed by atoms with Crippen molar-refractivity contribution in [2.75, 3.05) is 11.9 Å². The summed E-state index contributed by atoms with van der Waals surface area (Å²) < 4.78 is 0. The zero-order valence-electron chi connectivity index (χ0n) is 12.4. The molecular formula is C16H18N4O2. The van der Waals surface area contributed by atoms with Gasteiger partial charge in [-0.05, 0) is 30.7 Å². The first-order chi connectivity index (χ1) is 10.7. The van der Waals surface area contributed by atoms with E-state index in [-0.39, 0.29) is 5.69 Å². The van der Waals surface area contributed by atoms with Gasteiger partial charge in [-0.15, -0.1) is 5.11 Å². The Kier molecular flexibility index (Phi) is 5.59. The fourth-order valence-electron chi connectivity index (χ4n) is 1.86. The predicted molar refractivity (Wildman–Crippen MR) is 87.1 cm³/mol. The standard InChI is InChI=1S/C16H18N4O2/c1-2-3-12-17-15-6-4-5-7-16(15)19-18-13-8-10-14(11-9-13)20(21)22/h4-11,17H,2-3,12H2,1H3. The molecule has 2 aromatic rings. The van der Waals surface area contributed by atoms with Crippen molar-refractivity contribution in [3.63, 3.8) is 0 Å². The van der Waals surface area contributed by atoms with Gasteiger partial charge in [0.2, 0.25) is 0 Å². The average Bonchev–Trinajstić information content (AvgIpc) is 2.54. The minimum atomic E-state index is -0.437. The number of benzene rings is 2. The molecule has 6 nitrogen and oxygen atoms in total. The summed E-state index contributed by atoms with van der Waals surface area (Å²) in [5.74, 6) is 0. The van der Waals surface area contributed by atoms with Crippen molar-refractivity contribution in [3.8, 4) is 0 Å². The molecule has 0 atom stereocenters. The highest BCUT2D eigenvalue weighted by Gasteiger charge is 2.04. The monoisotopic (exact) mass is 298 g/mol. The Hall–Kier alpha value is -2.76. The quantitative estimate of drug-likeness (QED) is 0.329. The molecular weight excluding hydrogens is 280 g/mol. The third-order valence-electron chi connectivity index (χ3n) is 3.08. The first-order valence-corrected chi connectivity index (χ1v) is 7.20. The van der Waals surface area contributed by atoms with E-state index >= 15 is 0 Å². The Bertz CT molecular complexity index is 653. The zero-order chi connectivity index (χ0) is 15.8. The summed E-state index contributed by atoms with van der Waals surface area (Å²) in [4.78, 5) is 10.2. The highest BCUT2D eigenvalue weighted by molar-refractivity contribution is 5.65. The number of nitrogens with zero attached hydrogens (tertiary/aromatic N) is 3. The molecule has 0 spiro atoms. The molecule has 0 aliphatic heterocycles. The molecule has 1 N–H and O–H groups in total. The lowest BCUT2D eigenvalue weighted by Crippen LogP contribution is -2.00. The maximum absolute atomic E-state index is 10.6. The number of para-hydroxylation sites is 1. The lowest BCUT2D eigenvalue weighted by molar-refractivity contribution is -0.384. The minimum Gasteiger partial charge on any atom is -0.383 e. The van der Waals surface area contributed by atoms with E-state index < -0.39 is 4.92 Å². The highest BCUT2D eigenvalue weighted by atomic mass is 16.6. The number of nitrogens with one attached hydrogen (secondary N) is 1. The summed E-state index contributed by atoms with van der Waals surface area (Å²) in [6.07, 6.45) is 2.22. The molecule has 2 aromatic carbocycles. The van der Waals surface area contributed by atoms with E-state index in [1.807, 2.05) is 24.3 Å². The Labute approximate surface area is 129 Å². The van der Waals surface area contributed by atoms with Crippen LogP contribution < -0.4 is 5.32 Å². The van der Waals surface area contributed by atoms with Crippen LogP contribution in [0.15, 0.2) is 58.8 Å². The van der Waals surface area contributed by atoms with Crippen LogP contribution >= 0.6 is 0 Å². The topological polar surface area (TPSA) is 79.9 Å². The van der Waals surface area contributed by atoms with Gasteiger partial charge < -0.3 is 5.32 Å². The first kappa shape index (κ1) is 15.6. The van der Waals surface area contributed by atoms with Crippen molar-refractivity contribution in [2.24, 2.45) is 10.2 Å². The molecule has 0 bridgehead atoms. The maximum Gasteiger partial charge on any atom is 0.269 e. The number of nitro benzene ring substituents is 1. The Morgan fingerprint density at radius 2 is 1.82 bits per heavy atom. The van der Waals surface area contributed by atoms with E-state index in [1.165, 1.54) is 12.1 Å². The number of hydrogen-bond donors (Lipinski definition) is 1. The van der Waals surface area contributed by atoms with E-state index in [0.717, 1.165) is 30.8 Å². The number of azo groups is 1. The lowest BCUT2D eigenvalue weighted by Gasteiger charge is -2.07. The van der Waals surface area contributed by atoms with Gasteiger partial charge in [0.15, 0.2) is 0 Å². The van der Waals surface area contributed by atoms with Crippen molar-refractivity contribution >= 4 is 22.7 Å². The average molecular weight is 298 g/mol. The molecule has 22 heavy (non-hydrogen) atoms. The number of non-ortho nitro benzene ring substituents is 1. The molecule has 0 heterocycles. The van der Waals surface area contributed by atoms with Crippen LogP contribution in [0.5, 0.6) is 0 Å². The Balaban J connectivity index is 2.10. The van der Waals surface area contributed by atoms with Gasteiger partial charge in [0.05, 0.1) is 16.3 Å². The second-order valence-electron chi connectivity index (χ2n) is 4.77. The summed E-state index contributed by atoms with van der Waals surface area (Å²) in [5, 5.41) is 22.3. The summed E-state index contributed by atoms with van der Waals surface area (Å²) in [7, 11) is 0. The number of nitro groups is 1. The van der Waals surface area contributed by atoms with Crippen LogP contribution in [-0.4, -0.2) is 11.5 Å². The molecule has 0 aliphatic rings. The van der Waals surface area contributed by atoms with E-state index in [0.29, 0.717) is 5.69 Å². The van der Waals surface area contributed by atoms with Crippen LogP contribution in [0.2, 0.25) is 0 Å². The van der Waals surface area contributed by atoms with Crippen molar-refractivity contribution in [2.45, 2.75) is 19.8 Å². The summed E-state index contributed by atoms with van der Waals surface area (Å²) >= 11 is 0. The molecule has 0 aromatic heterocycles. The SMILES string of the molecule is CCCCNc1ccccc1N=Nc1ccc([N+](=O)[O-])cc1. The van der Waals surface area contributed by atoms with Crippen LogP contribution in [0.25, 0.3) is 0 Å². The largest absolute Gasteiger partial charge is 0.383 e. The molecule has 114 valence electrons. The van der Waals surface area contributed by atoms with Gasteiger partial charge in [0.1, 0.15) is 5.69 Å². The third-order valence-corrected chi connectivity index (χ3v) is 3.08. The van der Waals surface area contributed by atoms with E-state index in [1.54, 1.807) is 12.1 Å². The fourth-order valence-corrected chi connectivity index (χ4v) is 1.86. The van der Waals surface area contributed by atoms with Crippen LogP contribution in [0.3, 0.4) is 0 Å². The van der Waals surface area contributed by atoms with Crippen LogP contribution in [0, 0.1) is 10.1 Å². The highest BCUT2D eigenvalue weighted by Crippen LogP contribution is 2.27. The van der Waals surface area contributed by atoms with Crippen LogP contribution in [0.4, 0.5) is 22.7 Å². The molecule has 0 saturated carbocycles. The number of anilines is 1. The van der Waals surface area contributed by atoms with Gasteiger partial charge >= 0.3 is 0 Å². The smallest absolute Gasteiger partial charge is 0.269 e. The molecule has 0 fully saturated rings. The zero-order valence-corrected chi connectivity index (χ0v) is 12.4. The van der Waals surface area contributed by atoms with E-state index in [9.17, 15) is 10.1 Å². The molecule has 6 heteroatoms. The molecule has 0 saturated heterocycles. The van der Waals surface area contributed by atoms with Gasteiger partial charge in [-0.1, -0.05) is 25.5 Å². The first-order valence-electron chi connectivity index (χ1n) is 7.20. The number of rotatable bonds is 7.